The fourth-order valence-corrected chi connectivity index (χ4v) is 2.81. The number of pyridine rings is 1. The molecule has 3 aromatic rings. The first-order chi connectivity index (χ1) is 10.9. The molecule has 3 heterocycles. The maximum Gasteiger partial charge on any atom is 0.258 e. The summed E-state index contributed by atoms with van der Waals surface area (Å²) in [5, 5.41) is 7.56. The van der Waals surface area contributed by atoms with Crippen molar-refractivity contribution in [1.29, 1.82) is 0 Å². The molecule has 1 atom stereocenters. The second-order valence-electron chi connectivity index (χ2n) is 5.44. The molecule has 2 aromatic heterocycles. The fraction of sp³-hybridized carbons (Fsp3) is 0.235. The zero-order chi connectivity index (χ0) is 14.8. The molecule has 1 saturated heterocycles. The summed E-state index contributed by atoms with van der Waals surface area (Å²) in [5.74, 6) is 1.10. The topological polar surface area (TPSA) is 63.8 Å². The first-order valence-electron chi connectivity index (χ1n) is 7.48. The van der Waals surface area contributed by atoms with Crippen LogP contribution in [-0.4, -0.2) is 21.7 Å². The lowest BCUT2D eigenvalue weighted by atomic mass is 10.0. The molecule has 5 heteroatoms. The van der Waals surface area contributed by atoms with Crippen molar-refractivity contribution in [3.8, 4) is 22.8 Å². The van der Waals surface area contributed by atoms with Gasteiger partial charge < -0.3 is 9.84 Å². The number of nitrogens with one attached hydrogen (secondary N) is 1. The van der Waals surface area contributed by atoms with Crippen LogP contribution in [0.15, 0.2) is 53.3 Å². The number of hydrogen-bond acceptors (Lipinski definition) is 5. The van der Waals surface area contributed by atoms with E-state index in [1.165, 1.54) is 18.4 Å². The molecule has 1 aliphatic rings. The molecule has 0 spiro atoms. The van der Waals surface area contributed by atoms with Crippen molar-refractivity contribution >= 4 is 0 Å². The van der Waals surface area contributed by atoms with Crippen LogP contribution < -0.4 is 5.32 Å². The summed E-state index contributed by atoms with van der Waals surface area (Å²) < 4.78 is 5.41. The fourth-order valence-electron chi connectivity index (χ4n) is 2.81. The van der Waals surface area contributed by atoms with Gasteiger partial charge in [-0.05, 0) is 49.2 Å². The van der Waals surface area contributed by atoms with Gasteiger partial charge in [0, 0.05) is 29.6 Å². The minimum absolute atomic E-state index is 0.431. The third-order valence-corrected chi connectivity index (χ3v) is 3.94. The average molecular weight is 292 g/mol. The van der Waals surface area contributed by atoms with Gasteiger partial charge in [0.2, 0.25) is 5.82 Å². The Balaban J connectivity index is 1.65. The van der Waals surface area contributed by atoms with Crippen LogP contribution in [0.3, 0.4) is 0 Å². The van der Waals surface area contributed by atoms with Gasteiger partial charge in [0.05, 0.1) is 0 Å². The van der Waals surface area contributed by atoms with E-state index in [0.29, 0.717) is 17.8 Å². The van der Waals surface area contributed by atoms with Crippen molar-refractivity contribution in [2.24, 2.45) is 0 Å². The second kappa shape index (κ2) is 5.69. The molecule has 5 nitrogen and oxygen atoms in total. The number of hydrogen-bond donors (Lipinski definition) is 1. The van der Waals surface area contributed by atoms with Gasteiger partial charge in [0.15, 0.2) is 0 Å². The summed E-state index contributed by atoms with van der Waals surface area (Å²) in [6.45, 7) is 1.08. The van der Waals surface area contributed by atoms with Crippen molar-refractivity contribution in [3.63, 3.8) is 0 Å². The van der Waals surface area contributed by atoms with Crippen molar-refractivity contribution < 1.29 is 4.52 Å². The van der Waals surface area contributed by atoms with Gasteiger partial charge in [0.25, 0.3) is 5.89 Å². The second-order valence-corrected chi connectivity index (χ2v) is 5.44. The van der Waals surface area contributed by atoms with E-state index in [0.717, 1.165) is 17.7 Å². The van der Waals surface area contributed by atoms with Gasteiger partial charge in [-0.3, -0.25) is 4.98 Å². The molecule has 1 fully saturated rings. The number of aromatic nitrogens is 3. The zero-order valence-corrected chi connectivity index (χ0v) is 12.1. The Morgan fingerprint density at radius 2 is 2.09 bits per heavy atom. The predicted octanol–water partition coefficient (Wildman–Crippen LogP) is 3.22. The lowest BCUT2D eigenvalue weighted by Crippen LogP contribution is -2.12. The SMILES string of the molecule is c1cncc(-c2noc(-c3cccc(C4CCCN4)c3)n2)c1. The van der Waals surface area contributed by atoms with Crippen LogP contribution in [0.25, 0.3) is 22.8 Å². The molecule has 22 heavy (non-hydrogen) atoms. The van der Waals surface area contributed by atoms with E-state index < -0.39 is 0 Å². The summed E-state index contributed by atoms with van der Waals surface area (Å²) in [7, 11) is 0. The van der Waals surface area contributed by atoms with Crippen molar-refractivity contribution in [2.45, 2.75) is 18.9 Å². The molecular weight excluding hydrogens is 276 g/mol. The average Bonchev–Trinajstić information content (AvgIpc) is 3.28. The molecule has 1 N–H and O–H groups in total. The minimum Gasteiger partial charge on any atom is -0.334 e. The smallest absolute Gasteiger partial charge is 0.258 e. The van der Waals surface area contributed by atoms with E-state index in [-0.39, 0.29) is 0 Å². The summed E-state index contributed by atoms with van der Waals surface area (Å²) in [6.07, 6.45) is 5.85. The van der Waals surface area contributed by atoms with E-state index in [2.05, 4.69) is 32.6 Å². The molecule has 0 radical (unpaired) electrons. The molecule has 1 aliphatic heterocycles. The van der Waals surface area contributed by atoms with Gasteiger partial charge in [-0.2, -0.15) is 4.98 Å². The highest BCUT2D eigenvalue weighted by molar-refractivity contribution is 5.59. The molecule has 0 saturated carbocycles. The third kappa shape index (κ3) is 2.51. The van der Waals surface area contributed by atoms with Gasteiger partial charge in [-0.1, -0.05) is 17.3 Å². The molecule has 4 rings (SSSR count). The van der Waals surface area contributed by atoms with Crippen LogP contribution in [0.4, 0.5) is 0 Å². The Morgan fingerprint density at radius 1 is 1.14 bits per heavy atom. The molecule has 0 amide bonds. The van der Waals surface area contributed by atoms with E-state index in [1.54, 1.807) is 12.4 Å². The van der Waals surface area contributed by atoms with E-state index in [9.17, 15) is 0 Å². The molecule has 1 aromatic carbocycles. The third-order valence-electron chi connectivity index (χ3n) is 3.94. The number of nitrogens with zero attached hydrogens (tertiary/aromatic N) is 3. The standard InChI is InChI=1S/C17H16N4O/c1-4-12(15-7-3-9-19-15)10-13(5-1)17-20-16(21-22-17)14-6-2-8-18-11-14/h1-2,4-6,8,10-11,15,19H,3,7,9H2. The van der Waals surface area contributed by atoms with Crippen molar-refractivity contribution in [3.05, 3.63) is 54.4 Å². The highest BCUT2D eigenvalue weighted by Crippen LogP contribution is 2.27. The summed E-state index contributed by atoms with van der Waals surface area (Å²) in [4.78, 5) is 8.56. The van der Waals surface area contributed by atoms with Crippen LogP contribution in [0.1, 0.15) is 24.4 Å². The predicted molar refractivity (Wildman–Crippen MR) is 82.9 cm³/mol. The quantitative estimate of drug-likeness (QED) is 0.803. The first-order valence-corrected chi connectivity index (χ1v) is 7.48. The van der Waals surface area contributed by atoms with Gasteiger partial charge in [-0.15, -0.1) is 0 Å². The normalized spacial score (nSPS) is 17.7. The lowest BCUT2D eigenvalue weighted by molar-refractivity contribution is 0.432. The maximum absolute atomic E-state index is 5.41. The Labute approximate surface area is 128 Å². The summed E-state index contributed by atoms with van der Waals surface area (Å²) in [5.41, 5.74) is 3.08. The van der Waals surface area contributed by atoms with Crippen LogP contribution in [0.5, 0.6) is 0 Å². The minimum atomic E-state index is 0.431. The highest BCUT2D eigenvalue weighted by atomic mass is 16.5. The Bertz CT molecular complexity index is 763. The Hall–Kier alpha value is -2.53. The maximum atomic E-state index is 5.41. The van der Waals surface area contributed by atoms with Crippen LogP contribution in [0, 0.1) is 0 Å². The number of rotatable bonds is 3. The summed E-state index contributed by atoms with van der Waals surface area (Å²) in [6, 6.07) is 12.5. The van der Waals surface area contributed by atoms with E-state index >= 15 is 0 Å². The van der Waals surface area contributed by atoms with Gasteiger partial charge in [0.1, 0.15) is 0 Å². The molecular formula is C17H16N4O. The van der Waals surface area contributed by atoms with Crippen LogP contribution >= 0.6 is 0 Å². The Morgan fingerprint density at radius 3 is 2.91 bits per heavy atom. The van der Waals surface area contributed by atoms with Crippen molar-refractivity contribution in [1.82, 2.24) is 20.4 Å². The summed E-state index contributed by atoms with van der Waals surface area (Å²) >= 11 is 0. The van der Waals surface area contributed by atoms with Gasteiger partial charge >= 0.3 is 0 Å². The highest BCUT2D eigenvalue weighted by Gasteiger charge is 2.17. The monoisotopic (exact) mass is 292 g/mol. The largest absolute Gasteiger partial charge is 0.334 e. The first kappa shape index (κ1) is 13.2. The molecule has 0 aliphatic carbocycles. The number of benzene rings is 1. The molecule has 1 unspecified atom stereocenters. The Kier molecular flexibility index (Phi) is 3.40. The molecule has 0 bridgehead atoms. The van der Waals surface area contributed by atoms with E-state index in [1.807, 2.05) is 24.3 Å². The van der Waals surface area contributed by atoms with Gasteiger partial charge in [-0.25, -0.2) is 0 Å². The van der Waals surface area contributed by atoms with Crippen LogP contribution in [-0.2, 0) is 0 Å². The van der Waals surface area contributed by atoms with E-state index in [4.69, 9.17) is 4.52 Å². The van der Waals surface area contributed by atoms with Crippen molar-refractivity contribution in [2.75, 3.05) is 6.54 Å². The molecule has 110 valence electrons. The lowest BCUT2D eigenvalue weighted by Gasteiger charge is -2.10. The zero-order valence-electron chi connectivity index (χ0n) is 12.1. The van der Waals surface area contributed by atoms with Crippen LogP contribution in [0.2, 0.25) is 0 Å².